The molecular weight excluding hydrogens is 210 g/mol. The molecule has 0 spiro atoms. The smallest absolute Gasteiger partial charge is 0.147 e. The third-order valence-electron chi connectivity index (χ3n) is 0.824. The van der Waals surface area contributed by atoms with Crippen LogP contribution in [-0.4, -0.2) is 28.2 Å². The van der Waals surface area contributed by atoms with E-state index in [-0.39, 0.29) is 17.7 Å². The van der Waals surface area contributed by atoms with Crippen molar-refractivity contribution in [3.05, 3.63) is 0 Å². The lowest BCUT2D eigenvalue weighted by Gasteiger charge is -1.98. The Labute approximate surface area is 81.4 Å². The first-order valence-corrected chi connectivity index (χ1v) is 4.48. The Kier molecular flexibility index (Phi) is 13.4. The third-order valence-corrected chi connectivity index (χ3v) is 1.35. The topological polar surface area (TPSA) is 37.3 Å². The highest BCUT2D eigenvalue weighted by Gasteiger charge is 2.07. The van der Waals surface area contributed by atoms with Gasteiger partial charge in [0.1, 0.15) is 5.78 Å². The number of aliphatic hydroxyl groups excluding tert-OH is 1. The number of rotatable bonds is 3. The van der Waals surface area contributed by atoms with E-state index in [0.717, 1.165) is 0 Å². The van der Waals surface area contributed by atoms with Crippen molar-refractivity contribution in [2.45, 2.75) is 18.7 Å². The molecule has 0 aliphatic rings. The van der Waals surface area contributed by atoms with E-state index in [1.165, 1.54) is 6.92 Å². The van der Waals surface area contributed by atoms with Crippen LogP contribution >= 0.6 is 34.8 Å². The van der Waals surface area contributed by atoms with Gasteiger partial charge in [0.25, 0.3) is 0 Å². The number of aliphatic hydroxyl groups is 1. The fourth-order valence-corrected chi connectivity index (χ4v) is 0.414. The van der Waals surface area contributed by atoms with Gasteiger partial charge in [-0.15, -0.1) is 34.8 Å². The maximum atomic E-state index is 10.3. The van der Waals surface area contributed by atoms with Crippen molar-refractivity contribution in [1.82, 2.24) is 0 Å². The molecule has 0 aromatic heterocycles. The average Bonchev–Trinajstić information content (AvgIpc) is 1.90. The fraction of sp³-hybridized carbons (Fsp3) is 0.833. The molecule has 0 amide bonds. The van der Waals surface area contributed by atoms with E-state index in [4.69, 9.17) is 39.9 Å². The zero-order valence-corrected chi connectivity index (χ0v) is 8.46. The first-order valence-electron chi connectivity index (χ1n) is 2.97. The Hall–Kier alpha value is 0.500. The summed E-state index contributed by atoms with van der Waals surface area (Å²) in [5.74, 6) is -0.0827. The normalized spacial score (nSPS) is 11.4. The first-order chi connectivity index (χ1) is 5.09. The summed E-state index contributed by atoms with van der Waals surface area (Å²) < 4.78 is 0. The minimum Gasteiger partial charge on any atom is -0.396 e. The van der Waals surface area contributed by atoms with Gasteiger partial charge in [-0.3, -0.25) is 4.79 Å². The summed E-state index contributed by atoms with van der Waals surface area (Å²) >= 11 is 14.9. The van der Waals surface area contributed by atoms with E-state index in [2.05, 4.69) is 0 Å². The van der Waals surface area contributed by atoms with Gasteiger partial charge in [-0.2, -0.15) is 0 Å². The van der Waals surface area contributed by atoms with Gasteiger partial charge in [-0.25, -0.2) is 0 Å². The Morgan fingerprint density at radius 1 is 1.55 bits per heavy atom. The van der Waals surface area contributed by atoms with Crippen molar-refractivity contribution < 1.29 is 9.90 Å². The number of Topliss-reactive ketones (excluding diaryl/α,β-unsaturated/α-hetero) is 1. The van der Waals surface area contributed by atoms with Gasteiger partial charge in [0.15, 0.2) is 0 Å². The van der Waals surface area contributed by atoms with Crippen molar-refractivity contribution in [2.24, 2.45) is 0 Å². The molecule has 1 unspecified atom stereocenters. The highest BCUT2D eigenvalue weighted by atomic mass is 35.5. The number of carbonyl (C=O) groups excluding carboxylic acids is 1. The average molecular weight is 222 g/mol. The highest BCUT2D eigenvalue weighted by Crippen LogP contribution is 2.00. The minimum absolute atomic E-state index is 0.0201. The Morgan fingerprint density at radius 2 is 1.91 bits per heavy atom. The van der Waals surface area contributed by atoms with Crippen LogP contribution in [0.5, 0.6) is 0 Å². The molecule has 0 aromatic rings. The number of ketones is 1. The first kappa shape index (κ1) is 14.0. The second-order valence-electron chi connectivity index (χ2n) is 1.69. The molecule has 0 bridgehead atoms. The molecule has 68 valence electrons. The van der Waals surface area contributed by atoms with Crippen LogP contribution in [0.2, 0.25) is 0 Å². The van der Waals surface area contributed by atoms with Crippen LogP contribution in [0.25, 0.3) is 0 Å². The molecule has 0 aromatic carbocycles. The van der Waals surface area contributed by atoms with Crippen LogP contribution in [0.3, 0.4) is 0 Å². The monoisotopic (exact) mass is 220 g/mol. The summed E-state index contributed by atoms with van der Waals surface area (Å²) in [5, 5.41) is 7.94. The number of halogens is 3. The molecule has 5 heteroatoms. The molecule has 11 heavy (non-hydrogen) atoms. The highest BCUT2D eigenvalue weighted by molar-refractivity contribution is 6.40. The largest absolute Gasteiger partial charge is 0.396 e. The number of alkyl halides is 3. The molecule has 0 aliphatic heterocycles. The zero-order valence-electron chi connectivity index (χ0n) is 6.19. The van der Waals surface area contributed by atoms with Crippen molar-refractivity contribution in [3.63, 3.8) is 0 Å². The lowest BCUT2D eigenvalue weighted by molar-refractivity contribution is -0.116. The fourth-order valence-electron chi connectivity index (χ4n) is 0.317. The summed E-state index contributed by atoms with van der Waals surface area (Å²) in [6.45, 7) is 1.39. The molecule has 1 N–H and O–H groups in total. The van der Waals surface area contributed by atoms with Crippen molar-refractivity contribution in [3.8, 4) is 0 Å². The SMILES string of the molecule is CC(=O)C(Cl)CCO.ClCCl. The summed E-state index contributed by atoms with van der Waals surface area (Å²) in [6.07, 6.45) is 0.358. The molecule has 0 fully saturated rings. The third kappa shape index (κ3) is 13.5. The van der Waals surface area contributed by atoms with E-state index < -0.39 is 5.38 Å². The Morgan fingerprint density at radius 3 is 2.00 bits per heavy atom. The van der Waals surface area contributed by atoms with Gasteiger partial charge in [-0.1, -0.05) is 0 Å². The van der Waals surface area contributed by atoms with Crippen LogP contribution in [0.1, 0.15) is 13.3 Å². The Bertz CT molecular complexity index is 97.8. The maximum Gasteiger partial charge on any atom is 0.147 e. The minimum atomic E-state index is -0.500. The van der Waals surface area contributed by atoms with E-state index in [1.807, 2.05) is 0 Å². The molecule has 0 rings (SSSR count). The van der Waals surface area contributed by atoms with Gasteiger partial charge in [0, 0.05) is 6.61 Å². The molecule has 0 saturated heterocycles. The van der Waals surface area contributed by atoms with Gasteiger partial charge in [-0.05, 0) is 13.3 Å². The Balaban J connectivity index is 0. The standard InChI is InChI=1S/C5H9ClO2.CH2Cl2/c1-4(8)5(6)2-3-7;2-1-3/h5,7H,2-3H2,1H3;1H2. The van der Waals surface area contributed by atoms with Gasteiger partial charge in [0.2, 0.25) is 0 Å². The molecule has 0 aliphatic carbocycles. The summed E-state index contributed by atoms with van der Waals surface area (Å²) in [4.78, 5) is 10.3. The quantitative estimate of drug-likeness (QED) is 0.740. The van der Waals surface area contributed by atoms with Crippen LogP contribution in [0.4, 0.5) is 0 Å². The van der Waals surface area contributed by atoms with Crippen molar-refractivity contribution in [1.29, 1.82) is 0 Å². The zero-order chi connectivity index (χ0) is 9.28. The van der Waals surface area contributed by atoms with Crippen LogP contribution < -0.4 is 0 Å². The predicted molar refractivity (Wildman–Crippen MR) is 48.6 cm³/mol. The molecule has 1 atom stereocenters. The van der Waals surface area contributed by atoms with Gasteiger partial charge in [0.05, 0.1) is 10.7 Å². The molecule has 0 radical (unpaired) electrons. The van der Waals surface area contributed by atoms with E-state index >= 15 is 0 Å². The van der Waals surface area contributed by atoms with Gasteiger partial charge < -0.3 is 5.11 Å². The summed E-state index contributed by atoms with van der Waals surface area (Å²) in [5.41, 5.74) is 0. The van der Waals surface area contributed by atoms with E-state index in [0.29, 0.717) is 6.42 Å². The summed E-state index contributed by atoms with van der Waals surface area (Å²) in [7, 11) is 0. The van der Waals surface area contributed by atoms with Crippen molar-refractivity contribution in [2.75, 3.05) is 11.9 Å². The van der Waals surface area contributed by atoms with E-state index in [1.54, 1.807) is 0 Å². The van der Waals surface area contributed by atoms with Crippen molar-refractivity contribution >= 4 is 40.6 Å². The van der Waals surface area contributed by atoms with Crippen LogP contribution in [0.15, 0.2) is 0 Å². The number of hydrogen-bond acceptors (Lipinski definition) is 2. The lowest BCUT2D eigenvalue weighted by Crippen LogP contribution is -2.11. The second kappa shape index (κ2) is 10.5. The summed E-state index contributed by atoms with van der Waals surface area (Å²) in [6, 6.07) is 0. The molecule has 2 nitrogen and oxygen atoms in total. The molecular formula is C6H11Cl3O2. The number of carbonyl (C=O) groups is 1. The van der Waals surface area contributed by atoms with Crippen LogP contribution in [0, 0.1) is 0 Å². The predicted octanol–water partition coefficient (Wildman–Crippen LogP) is 1.99. The molecule has 0 heterocycles. The maximum absolute atomic E-state index is 10.3. The number of hydrogen-bond donors (Lipinski definition) is 1. The second-order valence-corrected chi connectivity index (χ2v) is 3.03. The lowest BCUT2D eigenvalue weighted by atomic mass is 10.2. The van der Waals surface area contributed by atoms with E-state index in [9.17, 15) is 4.79 Å². The van der Waals surface area contributed by atoms with Gasteiger partial charge >= 0.3 is 0 Å². The van der Waals surface area contributed by atoms with Crippen LogP contribution in [-0.2, 0) is 4.79 Å². The molecule has 0 saturated carbocycles.